The van der Waals surface area contributed by atoms with Crippen molar-refractivity contribution in [1.82, 2.24) is 0 Å². The van der Waals surface area contributed by atoms with Crippen molar-refractivity contribution in [1.29, 1.82) is 0 Å². The molecule has 0 atom stereocenters. The van der Waals surface area contributed by atoms with Gasteiger partial charge < -0.3 is 4.74 Å². The Morgan fingerprint density at radius 1 is 1.07 bits per heavy atom. The van der Waals surface area contributed by atoms with E-state index in [1.165, 1.54) is 38.4 Å². The SMILES string of the molecule is C/C=C\c1c(C)sc2ccc3ccc(-c4ccccc4C(=O)OC)cc3c12. The predicted molar refractivity (Wildman–Crippen MR) is 116 cm³/mol. The van der Waals surface area contributed by atoms with Gasteiger partial charge in [-0.1, -0.05) is 48.6 Å². The number of benzene rings is 3. The average Bonchev–Trinajstić information content (AvgIpc) is 3.03. The van der Waals surface area contributed by atoms with Crippen LogP contribution in [0.15, 0.2) is 60.7 Å². The van der Waals surface area contributed by atoms with Gasteiger partial charge >= 0.3 is 5.97 Å². The number of ether oxygens (including phenoxy) is 1. The van der Waals surface area contributed by atoms with Crippen LogP contribution < -0.4 is 0 Å². The molecule has 4 rings (SSSR count). The summed E-state index contributed by atoms with van der Waals surface area (Å²) in [6.07, 6.45) is 4.27. The highest BCUT2D eigenvalue weighted by atomic mass is 32.1. The minimum atomic E-state index is -0.315. The van der Waals surface area contributed by atoms with E-state index in [9.17, 15) is 4.79 Å². The quantitative estimate of drug-likeness (QED) is 0.368. The Hall–Kier alpha value is -2.91. The van der Waals surface area contributed by atoms with Crippen molar-refractivity contribution in [2.45, 2.75) is 13.8 Å². The number of carbonyl (C=O) groups excluding carboxylic acids is 1. The molecule has 0 aliphatic heterocycles. The third-order valence-electron chi connectivity index (χ3n) is 4.87. The van der Waals surface area contributed by atoms with E-state index in [-0.39, 0.29) is 5.97 Å². The van der Waals surface area contributed by atoms with Gasteiger partial charge in [0.25, 0.3) is 0 Å². The Bertz CT molecular complexity index is 1200. The number of hydrogen-bond acceptors (Lipinski definition) is 3. The summed E-state index contributed by atoms with van der Waals surface area (Å²) >= 11 is 1.82. The molecule has 0 spiro atoms. The number of esters is 1. The van der Waals surface area contributed by atoms with E-state index >= 15 is 0 Å². The summed E-state index contributed by atoms with van der Waals surface area (Å²) in [6.45, 7) is 4.22. The molecule has 0 saturated carbocycles. The lowest BCUT2D eigenvalue weighted by Gasteiger charge is -2.10. The number of rotatable bonds is 3. The van der Waals surface area contributed by atoms with Gasteiger partial charge in [0.05, 0.1) is 12.7 Å². The van der Waals surface area contributed by atoms with Crippen LogP contribution in [-0.2, 0) is 4.74 Å². The van der Waals surface area contributed by atoms with Crippen molar-refractivity contribution in [3.05, 3.63) is 76.7 Å². The number of aryl methyl sites for hydroxylation is 1. The zero-order chi connectivity index (χ0) is 19.0. The molecule has 4 aromatic rings. The summed E-state index contributed by atoms with van der Waals surface area (Å²) in [6, 6.07) is 18.4. The molecule has 2 nitrogen and oxygen atoms in total. The number of methoxy groups -OCH3 is 1. The molecule has 0 amide bonds. The number of fused-ring (bicyclic) bond motifs is 3. The van der Waals surface area contributed by atoms with Crippen LogP contribution in [0.3, 0.4) is 0 Å². The number of hydrogen-bond donors (Lipinski definition) is 0. The molecule has 0 unspecified atom stereocenters. The maximum Gasteiger partial charge on any atom is 0.338 e. The molecule has 0 saturated heterocycles. The molecular formula is C24H20O2S. The van der Waals surface area contributed by atoms with Gasteiger partial charge in [0.15, 0.2) is 0 Å². The van der Waals surface area contributed by atoms with Crippen LogP contribution >= 0.6 is 11.3 Å². The van der Waals surface area contributed by atoms with Crippen molar-refractivity contribution in [3.8, 4) is 11.1 Å². The van der Waals surface area contributed by atoms with Gasteiger partial charge in [-0.3, -0.25) is 0 Å². The van der Waals surface area contributed by atoms with Gasteiger partial charge in [-0.05, 0) is 59.5 Å². The molecule has 134 valence electrons. The Balaban J connectivity index is 2.03. The number of thiophene rings is 1. The van der Waals surface area contributed by atoms with Crippen molar-refractivity contribution in [2.75, 3.05) is 7.11 Å². The Morgan fingerprint density at radius 2 is 1.85 bits per heavy atom. The summed E-state index contributed by atoms with van der Waals surface area (Å²) < 4.78 is 6.25. The fourth-order valence-electron chi connectivity index (χ4n) is 3.62. The molecule has 0 fully saturated rings. The molecule has 0 bridgehead atoms. The molecule has 27 heavy (non-hydrogen) atoms. The molecule has 0 aliphatic carbocycles. The molecule has 1 heterocycles. The van der Waals surface area contributed by atoms with Gasteiger partial charge in [0.1, 0.15) is 0 Å². The molecule has 0 N–H and O–H groups in total. The van der Waals surface area contributed by atoms with Gasteiger partial charge in [-0.15, -0.1) is 11.3 Å². The number of allylic oxidation sites excluding steroid dienone is 1. The second-order valence-corrected chi connectivity index (χ2v) is 7.74. The first-order valence-corrected chi connectivity index (χ1v) is 9.72. The minimum Gasteiger partial charge on any atom is -0.465 e. The molecule has 0 aliphatic rings. The molecular weight excluding hydrogens is 352 g/mol. The predicted octanol–water partition coefficient (Wildman–Crippen LogP) is 6.85. The van der Waals surface area contributed by atoms with Crippen molar-refractivity contribution in [2.24, 2.45) is 0 Å². The summed E-state index contributed by atoms with van der Waals surface area (Å²) in [7, 11) is 1.42. The van der Waals surface area contributed by atoms with E-state index in [4.69, 9.17) is 4.74 Å². The smallest absolute Gasteiger partial charge is 0.338 e. The van der Waals surface area contributed by atoms with E-state index in [1.807, 2.05) is 42.5 Å². The molecule has 3 heteroatoms. The Kier molecular flexibility index (Phi) is 4.54. The van der Waals surface area contributed by atoms with E-state index < -0.39 is 0 Å². The van der Waals surface area contributed by atoms with Gasteiger partial charge in [0, 0.05) is 15.0 Å². The maximum atomic E-state index is 12.2. The largest absolute Gasteiger partial charge is 0.465 e. The first kappa shape index (κ1) is 17.5. The monoisotopic (exact) mass is 372 g/mol. The van der Waals surface area contributed by atoms with Gasteiger partial charge in [-0.2, -0.15) is 0 Å². The van der Waals surface area contributed by atoms with Gasteiger partial charge in [0.2, 0.25) is 0 Å². The van der Waals surface area contributed by atoms with Gasteiger partial charge in [-0.25, -0.2) is 4.79 Å². The van der Waals surface area contributed by atoms with Crippen LogP contribution in [0.25, 0.3) is 38.1 Å². The lowest BCUT2D eigenvalue weighted by molar-refractivity contribution is 0.0601. The van der Waals surface area contributed by atoms with E-state index in [1.54, 1.807) is 0 Å². The molecule has 1 aromatic heterocycles. The van der Waals surface area contributed by atoms with Crippen molar-refractivity contribution in [3.63, 3.8) is 0 Å². The summed E-state index contributed by atoms with van der Waals surface area (Å²) in [5, 5.41) is 3.69. The highest BCUT2D eigenvalue weighted by Gasteiger charge is 2.15. The van der Waals surface area contributed by atoms with Crippen LogP contribution in [0.2, 0.25) is 0 Å². The molecule has 3 aromatic carbocycles. The summed E-state index contributed by atoms with van der Waals surface area (Å²) in [4.78, 5) is 13.5. The lowest BCUT2D eigenvalue weighted by atomic mass is 9.95. The highest BCUT2D eigenvalue weighted by molar-refractivity contribution is 7.19. The average molecular weight is 372 g/mol. The normalized spacial score (nSPS) is 11.5. The van der Waals surface area contributed by atoms with Crippen LogP contribution in [0.4, 0.5) is 0 Å². The topological polar surface area (TPSA) is 26.3 Å². The standard InChI is InChI=1S/C24H20O2S/c1-4-7-18-15(2)27-22-13-12-16-10-11-17(14-21(16)23(18)22)19-8-5-6-9-20(19)24(25)26-3/h4-14H,1-3H3/b7-4-. The highest BCUT2D eigenvalue weighted by Crippen LogP contribution is 2.39. The maximum absolute atomic E-state index is 12.2. The van der Waals surface area contributed by atoms with E-state index in [0.717, 1.165) is 11.1 Å². The van der Waals surface area contributed by atoms with Crippen LogP contribution in [0.5, 0.6) is 0 Å². The zero-order valence-electron chi connectivity index (χ0n) is 15.6. The Morgan fingerprint density at radius 3 is 2.63 bits per heavy atom. The lowest BCUT2D eigenvalue weighted by Crippen LogP contribution is -2.03. The van der Waals surface area contributed by atoms with Crippen LogP contribution in [0, 0.1) is 6.92 Å². The fraction of sp³-hybridized carbons (Fsp3) is 0.125. The first-order chi connectivity index (χ1) is 13.1. The Labute approximate surface area is 162 Å². The third-order valence-corrected chi connectivity index (χ3v) is 5.96. The van der Waals surface area contributed by atoms with E-state index in [2.05, 4.69) is 49.4 Å². The first-order valence-electron chi connectivity index (χ1n) is 8.90. The molecule has 0 radical (unpaired) electrons. The summed E-state index contributed by atoms with van der Waals surface area (Å²) in [5.74, 6) is -0.315. The fourth-order valence-corrected chi connectivity index (χ4v) is 4.68. The summed E-state index contributed by atoms with van der Waals surface area (Å²) in [5.41, 5.74) is 3.78. The van der Waals surface area contributed by atoms with Crippen LogP contribution in [-0.4, -0.2) is 13.1 Å². The van der Waals surface area contributed by atoms with E-state index in [0.29, 0.717) is 5.56 Å². The van der Waals surface area contributed by atoms with Crippen LogP contribution in [0.1, 0.15) is 27.7 Å². The third kappa shape index (κ3) is 2.94. The number of carbonyl (C=O) groups is 1. The zero-order valence-corrected chi connectivity index (χ0v) is 16.4. The second-order valence-electron chi connectivity index (χ2n) is 6.48. The minimum absolute atomic E-state index is 0.315. The van der Waals surface area contributed by atoms with Crippen molar-refractivity contribution < 1.29 is 9.53 Å². The second kappa shape index (κ2) is 7.01. The van der Waals surface area contributed by atoms with Crippen molar-refractivity contribution >= 4 is 44.2 Å².